The highest BCUT2D eigenvalue weighted by molar-refractivity contribution is 7.27. The Morgan fingerprint density at radius 2 is 1.62 bits per heavy atom. The van der Waals surface area contributed by atoms with Gasteiger partial charge in [0, 0.05) is 0 Å². The molecule has 80 valence electrons. The normalized spacial score (nSPS) is 13.6. The lowest BCUT2D eigenvalue weighted by Crippen LogP contribution is -2.47. The van der Waals surface area contributed by atoms with Crippen molar-refractivity contribution in [3.63, 3.8) is 0 Å². The second kappa shape index (κ2) is 4.23. The van der Waals surface area contributed by atoms with Crippen molar-refractivity contribution in [2.45, 2.75) is 6.92 Å². The van der Waals surface area contributed by atoms with Crippen molar-refractivity contribution in [1.82, 2.24) is 0 Å². The summed E-state index contributed by atoms with van der Waals surface area (Å²) in [5.74, 6) is 2.03. The van der Waals surface area contributed by atoms with Crippen molar-refractivity contribution in [1.29, 1.82) is 0 Å². The van der Waals surface area contributed by atoms with Gasteiger partial charge in [-0.1, -0.05) is 49.3 Å². The largest absolute Gasteiger partial charge is 0.113 e. The lowest BCUT2D eigenvalue weighted by Gasteiger charge is -2.02. The van der Waals surface area contributed by atoms with Crippen LogP contribution in [0, 0.1) is 0 Å². The molecule has 0 N–H and O–H groups in total. The topological polar surface area (TPSA) is 0 Å². The van der Waals surface area contributed by atoms with E-state index >= 15 is 0 Å². The number of hydrogen-bond donors (Lipinski definition) is 0. The molecule has 0 aliphatic rings. The van der Waals surface area contributed by atoms with Crippen LogP contribution in [0.3, 0.4) is 0 Å². The predicted octanol–water partition coefficient (Wildman–Crippen LogP) is 1.07. The molecule has 0 nitrogen and oxygen atoms in total. The van der Waals surface area contributed by atoms with Crippen LogP contribution in [0.4, 0.5) is 0 Å². The Morgan fingerprint density at radius 1 is 1.00 bits per heavy atom. The number of hydrogen-bond acceptors (Lipinski definition) is 0. The summed E-state index contributed by atoms with van der Waals surface area (Å²) < 4.78 is 0. The van der Waals surface area contributed by atoms with E-state index in [4.69, 9.17) is 0 Å². The molecular formula is C15H15P. The van der Waals surface area contributed by atoms with E-state index in [0.717, 1.165) is 15.7 Å². The van der Waals surface area contributed by atoms with Gasteiger partial charge in [0.15, 0.2) is 0 Å². The molecule has 0 amide bonds. The third-order valence-corrected chi connectivity index (χ3v) is 3.31. The highest BCUT2D eigenvalue weighted by Gasteiger charge is 1.98. The minimum Gasteiger partial charge on any atom is -0.113 e. The molecule has 2 rings (SSSR count). The molecule has 0 spiro atoms. The van der Waals surface area contributed by atoms with E-state index in [0.29, 0.717) is 0 Å². The van der Waals surface area contributed by atoms with Gasteiger partial charge in [-0.15, -0.1) is 9.24 Å². The van der Waals surface area contributed by atoms with E-state index in [-0.39, 0.29) is 0 Å². The molecule has 0 fully saturated rings. The Hall–Kier alpha value is -1.39. The summed E-state index contributed by atoms with van der Waals surface area (Å²) in [6.45, 7) is 10.3. The van der Waals surface area contributed by atoms with Crippen LogP contribution in [0.2, 0.25) is 0 Å². The highest BCUT2D eigenvalue weighted by atomic mass is 31.0. The molecular weight excluding hydrogens is 211 g/mol. The Labute approximate surface area is 97.5 Å². The quantitative estimate of drug-likeness (QED) is 0.590. The monoisotopic (exact) mass is 226 g/mol. The van der Waals surface area contributed by atoms with Crippen molar-refractivity contribution in [3.8, 4) is 0 Å². The zero-order valence-electron chi connectivity index (χ0n) is 9.46. The SMILES string of the molecule is C=c1c(=C)c2ccccc2c(=C/C)/c1=C\P. The second-order valence-electron chi connectivity index (χ2n) is 3.79. The Morgan fingerprint density at radius 3 is 2.19 bits per heavy atom. The van der Waals surface area contributed by atoms with E-state index in [1.807, 2.05) is 11.9 Å². The average molecular weight is 226 g/mol. The third-order valence-electron chi connectivity index (χ3n) is 2.98. The van der Waals surface area contributed by atoms with Crippen LogP contribution in [0.5, 0.6) is 0 Å². The van der Waals surface area contributed by atoms with Crippen molar-refractivity contribution < 1.29 is 0 Å². The van der Waals surface area contributed by atoms with Gasteiger partial charge in [0.25, 0.3) is 0 Å². The molecule has 0 radical (unpaired) electrons. The van der Waals surface area contributed by atoms with Crippen molar-refractivity contribution >= 4 is 45.1 Å². The van der Waals surface area contributed by atoms with Gasteiger partial charge in [0.2, 0.25) is 0 Å². The van der Waals surface area contributed by atoms with Crippen LogP contribution in [0.15, 0.2) is 24.3 Å². The van der Waals surface area contributed by atoms with Gasteiger partial charge in [-0.3, -0.25) is 0 Å². The first kappa shape index (κ1) is 11.1. The first-order chi connectivity index (χ1) is 7.70. The fourth-order valence-electron chi connectivity index (χ4n) is 2.12. The van der Waals surface area contributed by atoms with Crippen LogP contribution in [0.25, 0.3) is 35.8 Å². The molecule has 0 aliphatic carbocycles. The van der Waals surface area contributed by atoms with Crippen LogP contribution in [-0.2, 0) is 0 Å². The molecule has 1 unspecified atom stereocenters. The van der Waals surface area contributed by atoms with Crippen molar-refractivity contribution in [3.05, 3.63) is 45.1 Å². The zero-order chi connectivity index (χ0) is 11.7. The van der Waals surface area contributed by atoms with E-state index in [1.165, 1.54) is 16.0 Å². The molecule has 0 heterocycles. The number of fused-ring (bicyclic) bond motifs is 1. The smallest absolute Gasteiger partial charge is 0.0102 e. The van der Waals surface area contributed by atoms with E-state index in [1.54, 1.807) is 0 Å². The molecule has 0 aromatic heterocycles. The van der Waals surface area contributed by atoms with Crippen molar-refractivity contribution in [2.24, 2.45) is 0 Å². The van der Waals surface area contributed by atoms with Gasteiger partial charge in [-0.2, -0.15) is 0 Å². The lowest BCUT2D eigenvalue weighted by molar-refractivity contribution is 1.47. The van der Waals surface area contributed by atoms with E-state index < -0.39 is 0 Å². The van der Waals surface area contributed by atoms with Gasteiger partial charge >= 0.3 is 0 Å². The summed E-state index contributed by atoms with van der Waals surface area (Å²) >= 11 is 0. The van der Waals surface area contributed by atoms with Gasteiger partial charge in [0.05, 0.1) is 0 Å². The zero-order valence-corrected chi connectivity index (χ0v) is 10.6. The van der Waals surface area contributed by atoms with Crippen LogP contribution >= 0.6 is 9.24 Å². The molecule has 1 heteroatoms. The lowest BCUT2D eigenvalue weighted by atomic mass is 10.0. The Bertz CT molecular complexity index is 755. The molecule has 16 heavy (non-hydrogen) atoms. The summed E-state index contributed by atoms with van der Waals surface area (Å²) in [6, 6.07) is 8.34. The first-order valence-electron chi connectivity index (χ1n) is 5.27. The minimum atomic E-state index is 1.02. The van der Waals surface area contributed by atoms with Crippen molar-refractivity contribution in [2.75, 3.05) is 0 Å². The Kier molecular flexibility index (Phi) is 2.94. The molecule has 0 bridgehead atoms. The molecule has 1 atom stereocenters. The maximum absolute atomic E-state index is 4.13. The third kappa shape index (κ3) is 1.50. The minimum absolute atomic E-state index is 1.02. The Balaban J connectivity index is 3.37. The average Bonchev–Trinajstić information content (AvgIpc) is 2.33. The van der Waals surface area contributed by atoms with Gasteiger partial charge in [0.1, 0.15) is 0 Å². The fourth-order valence-corrected chi connectivity index (χ4v) is 2.50. The maximum atomic E-state index is 4.13. The second-order valence-corrected chi connectivity index (χ2v) is 4.12. The first-order valence-corrected chi connectivity index (χ1v) is 5.94. The molecule has 0 saturated heterocycles. The van der Waals surface area contributed by atoms with E-state index in [2.05, 4.69) is 53.6 Å². The standard InChI is InChI=1S/C15H15P/c1-4-12-14-8-6-5-7-13(14)10(2)11(3)15(12)9-16/h4-9H,2-3,16H2,1H3/b12-4-,15-9-. The summed E-state index contributed by atoms with van der Waals surface area (Å²) in [7, 11) is 2.65. The maximum Gasteiger partial charge on any atom is -0.0102 e. The van der Waals surface area contributed by atoms with E-state index in [9.17, 15) is 0 Å². The summed E-state index contributed by atoms with van der Waals surface area (Å²) in [5.41, 5.74) is 0. The van der Waals surface area contributed by atoms with Crippen LogP contribution in [-0.4, -0.2) is 0 Å². The van der Waals surface area contributed by atoms with Crippen LogP contribution in [0.1, 0.15) is 6.92 Å². The molecule has 0 saturated carbocycles. The van der Waals surface area contributed by atoms with Crippen LogP contribution < -0.4 is 20.9 Å². The highest BCUT2D eigenvalue weighted by Crippen LogP contribution is 2.01. The molecule has 2 aromatic rings. The number of benzene rings is 2. The predicted molar refractivity (Wildman–Crippen MR) is 77.8 cm³/mol. The van der Waals surface area contributed by atoms with Gasteiger partial charge in [-0.25, -0.2) is 0 Å². The molecule has 0 aliphatic heterocycles. The van der Waals surface area contributed by atoms with Gasteiger partial charge < -0.3 is 0 Å². The summed E-state index contributed by atoms with van der Waals surface area (Å²) in [4.78, 5) is 0. The summed E-state index contributed by atoms with van der Waals surface area (Å²) in [5, 5.41) is 6.88. The number of rotatable bonds is 0. The molecule has 2 aromatic carbocycles. The summed E-state index contributed by atoms with van der Waals surface area (Å²) in [6.07, 6.45) is 2.13. The van der Waals surface area contributed by atoms with Gasteiger partial charge in [-0.05, 0) is 38.6 Å². The fraction of sp³-hybridized carbons (Fsp3) is 0.0667.